The summed E-state index contributed by atoms with van der Waals surface area (Å²) in [6, 6.07) is 18.1. The average molecular weight is 364 g/mol. The zero-order valence-electron chi connectivity index (χ0n) is 13.9. The number of halogens is 1. The number of amides is 1. The second-order valence-corrected chi connectivity index (χ2v) is 6.47. The average Bonchev–Trinajstić information content (AvgIpc) is 2.64. The molecule has 0 unspecified atom stereocenters. The van der Waals surface area contributed by atoms with Crippen molar-refractivity contribution in [1.82, 2.24) is 0 Å². The van der Waals surface area contributed by atoms with Gasteiger partial charge in [-0.25, -0.2) is 4.79 Å². The predicted molar refractivity (Wildman–Crippen MR) is 104 cm³/mol. The van der Waals surface area contributed by atoms with Gasteiger partial charge in [0.25, 0.3) is 5.91 Å². The molecule has 1 heterocycles. The Balaban J connectivity index is 1.81. The Bertz CT molecular complexity index is 1230. The first kappa shape index (κ1) is 16.4. The third-order valence-corrected chi connectivity index (χ3v) is 4.73. The molecule has 26 heavy (non-hydrogen) atoms. The van der Waals surface area contributed by atoms with Crippen molar-refractivity contribution in [1.29, 1.82) is 0 Å². The van der Waals surface area contributed by atoms with Crippen molar-refractivity contribution >= 4 is 44.9 Å². The first-order chi connectivity index (χ1) is 12.5. The molecule has 4 nitrogen and oxygen atoms in total. The Morgan fingerprint density at radius 3 is 2.62 bits per heavy atom. The highest BCUT2D eigenvalue weighted by molar-refractivity contribution is 6.31. The summed E-state index contributed by atoms with van der Waals surface area (Å²) in [5.74, 6) is -0.518. The molecule has 3 aromatic carbocycles. The van der Waals surface area contributed by atoms with Gasteiger partial charge in [-0.05, 0) is 53.6 Å². The molecule has 0 fully saturated rings. The zero-order valence-corrected chi connectivity index (χ0v) is 14.6. The number of anilines is 1. The van der Waals surface area contributed by atoms with Gasteiger partial charge < -0.3 is 9.73 Å². The van der Waals surface area contributed by atoms with Crippen LogP contribution in [0, 0.1) is 6.92 Å². The topological polar surface area (TPSA) is 59.3 Å². The van der Waals surface area contributed by atoms with Crippen LogP contribution >= 0.6 is 11.6 Å². The minimum absolute atomic E-state index is 0.0403. The Morgan fingerprint density at radius 2 is 1.81 bits per heavy atom. The summed E-state index contributed by atoms with van der Waals surface area (Å²) in [7, 11) is 0. The van der Waals surface area contributed by atoms with Crippen molar-refractivity contribution < 1.29 is 9.21 Å². The molecule has 1 N–H and O–H groups in total. The van der Waals surface area contributed by atoms with Crippen LogP contribution in [0.3, 0.4) is 0 Å². The highest BCUT2D eigenvalue weighted by atomic mass is 35.5. The molecule has 0 saturated heterocycles. The number of carbonyl (C=O) groups excluding carboxylic acids is 1. The van der Waals surface area contributed by atoms with Crippen LogP contribution in [0.1, 0.15) is 15.9 Å². The number of rotatable bonds is 2. The molecular formula is C21H14ClNO3. The van der Waals surface area contributed by atoms with E-state index in [9.17, 15) is 9.59 Å². The van der Waals surface area contributed by atoms with Gasteiger partial charge in [-0.3, -0.25) is 4.79 Å². The van der Waals surface area contributed by atoms with Gasteiger partial charge in [-0.2, -0.15) is 0 Å². The van der Waals surface area contributed by atoms with E-state index < -0.39 is 11.5 Å². The molecule has 0 aliphatic heterocycles. The van der Waals surface area contributed by atoms with E-state index >= 15 is 0 Å². The second kappa shape index (κ2) is 6.32. The molecule has 0 bridgehead atoms. The summed E-state index contributed by atoms with van der Waals surface area (Å²) in [5, 5.41) is 5.98. The Hall–Kier alpha value is -3.11. The molecule has 1 amide bonds. The maximum absolute atomic E-state index is 12.6. The first-order valence-corrected chi connectivity index (χ1v) is 8.44. The van der Waals surface area contributed by atoms with Gasteiger partial charge in [-0.15, -0.1) is 0 Å². The summed E-state index contributed by atoms with van der Waals surface area (Å²) in [4.78, 5) is 24.9. The van der Waals surface area contributed by atoms with E-state index in [1.165, 1.54) is 0 Å². The van der Waals surface area contributed by atoms with Crippen LogP contribution in [-0.2, 0) is 0 Å². The molecule has 0 saturated carbocycles. The largest absolute Gasteiger partial charge is 0.422 e. The number of carbonyl (C=O) groups is 1. The minimum Gasteiger partial charge on any atom is -0.422 e. The summed E-state index contributed by atoms with van der Waals surface area (Å²) in [6.07, 6.45) is 0. The molecule has 0 atom stereocenters. The number of hydrogen-bond donors (Lipinski definition) is 1. The first-order valence-electron chi connectivity index (χ1n) is 8.06. The quantitative estimate of drug-likeness (QED) is 0.395. The van der Waals surface area contributed by atoms with Crippen LogP contribution < -0.4 is 10.9 Å². The fraction of sp³-hybridized carbons (Fsp3) is 0.0476. The lowest BCUT2D eigenvalue weighted by atomic mass is 10.0. The highest BCUT2D eigenvalue weighted by Gasteiger charge is 2.15. The molecular weight excluding hydrogens is 350 g/mol. The van der Waals surface area contributed by atoms with E-state index in [4.69, 9.17) is 16.0 Å². The van der Waals surface area contributed by atoms with Crippen LogP contribution in [0.25, 0.3) is 21.7 Å². The fourth-order valence-electron chi connectivity index (χ4n) is 2.95. The van der Waals surface area contributed by atoms with Gasteiger partial charge in [0.15, 0.2) is 0 Å². The van der Waals surface area contributed by atoms with Crippen LogP contribution in [0.5, 0.6) is 0 Å². The molecule has 0 aliphatic carbocycles. The molecule has 1 aromatic heterocycles. The lowest BCUT2D eigenvalue weighted by Crippen LogP contribution is -2.20. The van der Waals surface area contributed by atoms with E-state index in [1.54, 1.807) is 30.3 Å². The smallest absolute Gasteiger partial charge is 0.349 e. The van der Waals surface area contributed by atoms with Crippen molar-refractivity contribution in [3.8, 4) is 0 Å². The summed E-state index contributed by atoms with van der Waals surface area (Å²) >= 11 is 6.00. The van der Waals surface area contributed by atoms with E-state index in [1.807, 2.05) is 37.3 Å². The van der Waals surface area contributed by atoms with Crippen molar-refractivity contribution in [2.45, 2.75) is 6.92 Å². The van der Waals surface area contributed by atoms with Gasteiger partial charge in [0.1, 0.15) is 11.1 Å². The fourth-order valence-corrected chi connectivity index (χ4v) is 3.07. The number of benzene rings is 3. The van der Waals surface area contributed by atoms with Gasteiger partial charge >= 0.3 is 5.63 Å². The summed E-state index contributed by atoms with van der Waals surface area (Å²) < 4.78 is 5.37. The summed E-state index contributed by atoms with van der Waals surface area (Å²) in [6.45, 7) is 1.84. The van der Waals surface area contributed by atoms with Crippen LogP contribution in [0.4, 0.5) is 5.69 Å². The maximum atomic E-state index is 12.6. The molecule has 0 radical (unpaired) electrons. The monoisotopic (exact) mass is 363 g/mol. The van der Waals surface area contributed by atoms with Crippen LogP contribution in [0.15, 0.2) is 69.9 Å². The van der Waals surface area contributed by atoms with Crippen molar-refractivity contribution in [3.05, 3.63) is 87.2 Å². The van der Waals surface area contributed by atoms with Crippen molar-refractivity contribution in [2.75, 3.05) is 5.32 Å². The van der Waals surface area contributed by atoms with Crippen LogP contribution in [0.2, 0.25) is 5.02 Å². The number of aryl methyl sites for hydroxylation is 1. The van der Waals surface area contributed by atoms with E-state index in [0.717, 1.165) is 21.7 Å². The van der Waals surface area contributed by atoms with Crippen molar-refractivity contribution in [2.24, 2.45) is 0 Å². The lowest BCUT2D eigenvalue weighted by molar-refractivity contribution is 0.102. The Labute approximate surface area is 154 Å². The van der Waals surface area contributed by atoms with Gasteiger partial charge in [0, 0.05) is 16.1 Å². The number of nitrogens with one attached hydrogen (secondary N) is 1. The SMILES string of the molecule is Cc1cc(NC(=O)c2cc3c(ccc4ccccc43)oc2=O)ccc1Cl. The highest BCUT2D eigenvalue weighted by Crippen LogP contribution is 2.25. The predicted octanol–water partition coefficient (Wildman–Crippen LogP) is 5.16. The Kier molecular flexibility index (Phi) is 3.98. The van der Waals surface area contributed by atoms with Gasteiger partial charge in [0.2, 0.25) is 0 Å². The van der Waals surface area contributed by atoms with Gasteiger partial charge in [0.05, 0.1) is 0 Å². The van der Waals surface area contributed by atoms with Gasteiger partial charge in [-0.1, -0.05) is 41.9 Å². The normalized spacial score (nSPS) is 11.0. The Morgan fingerprint density at radius 1 is 1.00 bits per heavy atom. The van der Waals surface area contributed by atoms with E-state index in [2.05, 4.69) is 5.32 Å². The molecule has 0 spiro atoms. The molecule has 4 rings (SSSR count). The van der Waals surface area contributed by atoms with Crippen LogP contribution in [-0.4, -0.2) is 5.91 Å². The molecule has 128 valence electrons. The third kappa shape index (κ3) is 2.85. The van der Waals surface area contributed by atoms with Crippen molar-refractivity contribution in [3.63, 3.8) is 0 Å². The van der Waals surface area contributed by atoms with E-state index in [-0.39, 0.29) is 5.56 Å². The zero-order chi connectivity index (χ0) is 18.3. The standard InChI is InChI=1S/C21H14ClNO3/c1-12-10-14(7-8-18(12)22)23-20(24)17-11-16-15-5-3-2-4-13(15)6-9-19(16)26-21(17)25/h2-11H,1H3,(H,23,24). The molecule has 5 heteroatoms. The number of hydrogen-bond acceptors (Lipinski definition) is 3. The molecule has 4 aromatic rings. The van der Waals surface area contributed by atoms with E-state index in [0.29, 0.717) is 16.3 Å². The lowest BCUT2D eigenvalue weighted by Gasteiger charge is -2.08. The minimum atomic E-state index is -0.670. The third-order valence-electron chi connectivity index (χ3n) is 4.30. The summed E-state index contributed by atoms with van der Waals surface area (Å²) in [5.41, 5.74) is 1.14. The second-order valence-electron chi connectivity index (χ2n) is 6.06. The molecule has 0 aliphatic rings. The number of fused-ring (bicyclic) bond motifs is 3. The maximum Gasteiger partial charge on any atom is 0.349 e.